The first kappa shape index (κ1) is 17.5. The highest BCUT2D eigenvalue weighted by Gasteiger charge is 2.35. The number of fused-ring (bicyclic) bond motifs is 1. The molecule has 0 aliphatic carbocycles. The van der Waals surface area contributed by atoms with Crippen LogP contribution in [0, 0.1) is 0 Å². The van der Waals surface area contributed by atoms with E-state index in [1.165, 1.54) is 0 Å². The van der Waals surface area contributed by atoms with Gasteiger partial charge in [-0.2, -0.15) is 0 Å². The third-order valence-corrected chi connectivity index (χ3v) is 4.37. The van der Waals surface area contributed by atoms with Crippen LogP contribution in [-0.2, 0) is 9.63 Å². The zero-order valence-electron chi connectivity index (χ0n) is 15.0. The van der Waals surface area contributed by atoms with Gasteiger partial charge in [0.1, 0.15) is 5.75 Å². The van der Waals surface area contributed by atoms with Gasteiger partial charge in [-0.25, -0.2) is 4.79 Å². The Bertz CT molecular complexity index is 1060. The van der Waals surface area contributed by atoms with Crippen molar-refractivity contribution in [2.45, 2.75) is 0 Å². The molecule has 6 heteroatoms. The summed E-state index contributed by atoms with van der Waals surface area (Å²) in [5, 5.41) is 3.88. The molecular weight excluding hydrogens is 356 g/mol. The second-order valence-electron chi connectivity index (χ2n) is 6.04. The van der Waals surface area contributed by atoms with Gasteiger partial charge in [0.05, 0.1) is 18.4 Å². The lowest BCUT2D eigenvalue weighted by Crippen LogP contribution is -2.25. The normalized spacial score (nSPS) is 14.1. The van der Waals surface area contributed by atoms with Crippen molar-refractivity contribution in [2.24, 2.45) is 5.16 Å². The Balaban J connectivity index is 1.64. The van der Waals surface area contributed by atoms with E-state index in [9.17, 15) is 9.59 Å². The molecule has 0 fully saturated rings. The van der Waals surface area contributed by atoms with Crippen LogP contribution in [0.4, 0.5) is 11.4 Å². The molecule has 1 aliphatic heterocycles. The Kier molecular flexibility index (Phi) is 4.60. The number of rotatable bonds is 4. The summed E-state index contributed by atoms with van der Waals surface area (Å²) in [6.07, 6.45) is 0. The Morgan fingerprint density at radius 1 is 0.893 bits per heavy atom. The number of carbonyl (C=O) groups is 2. The summed E-state index contributed by atoms with van der Waals surface area (Å²) in [5.41, 5.74) is 2.41. The van der Waals surface area contributed by atoms with Gasteiger partial charge in [-0.1, -0.05) is 41.6 Å². The predicted octanol–water partition coefficient (Wildman–Crippen LogP) is 3.93. The summed E-state index contributed by atoms with van der Waals surface area (Å²) in [6.45, 7) is 0. The van der Waals surface area contributed by atoms with Gasteiger partial charge in [0.2, 0.25) is 0 Å². The number of anilines is 2. The van der Waals surface area contributed by atoms with Gasteiger partial charge in [0.15, 0.2) is 5.71 Å². The Hall–Kier alpha value is -3.93. The molecular formula is C22H16N2O4. The molecule has 0 saturated carbocycles. The lowest BCUT2D eigenvalue weighted by atomic mass is 10.1. The molecule has 0 radical (unpaired) electrons. The van der Waals surface area contributed by atoms with Gasteiger partial charge < -0.3 is 9.57 Å². The van der Waals surface area contributed by atoms with E-state index in [1.54, 1.807) is 48.4 Å². The number of hydrogen-bond donors (Lipinski definition) is 0. The first-order valence-corrected chi connectivity index (χ1v) is 8.61. The topological polar surface area (TPSA) is 68.2 Å². The summed E-state index contributed by atoms with van der Waals surface area (Å²) >= 11 is 0. The number of para-hydroxylation sites is 2. The van der Waals surface area contributed by atoms with E-state index in [4.69, 9.17) is 9.57 Å². The van der Waals surface area contributed by atoms with Crippen molar-refractivity contribution in [3.63, 3.8) is 0 Å². The molecule has 28 heavy (non-hydrogen) atoms. The number of methoxy groups -OCH3 is 1. The van der Waals surface area contributed by atoms with Crippen molar-refractivity contribution in [3.05, 3.63) is 90.0 Å². The first-order chi connectivity index (χ1) is 13.7. The largest absolute Gasteiger partial charge is 0.497 e. The summed E-state index contributed by atoms with van der Waals surface area (Å²) < 4.78 is 5.07. The average molecular weight is 372 g/mol. The molecule has 0 unspecified atom stereocenters. The zero-order valence-corrected chi connectivity index (χ0v) is 15.0. The second-order valence-corrected chi connectivity index (χ2v) is 6.04. The van der Waals surface area contributed by atoms with Crippen LogP contribution < -0.4 is 9.64 Å². The minimum absolute atomic E-state index is 0.0846. The van der Waals surface area contributed by atoms with Gasteiger partial charge in [0.25, 0.3) is 5.91 Å². The van der Waals surface area contributed by atoms with Crippen molar-refractivity contribution in [3.8, 4) is 5.75 Å². The van der Waals surface area contributed by atoms with Crippen LogP contribution in [0.1, 0.15) is 15.9 Å². The van der Waals surface area contributed by atoms with E-state index in [0.29, 0.717) is 28.3 Å². The molecule has 0 N–H and O–H groups in total. The predicted molar refractivity (Wildman–Crippen MR) is 105 cm³/mol. The highest BCUT2D eigenvalue weighted by molar-refractivity contribution is 6.55. The fourth-order valence-electron chi connectivity index (χ4n) is 2.99. The highest BCUT2D eigenvalue weighted by Crippen LogP contribution is 2.35. The van der Waals surface area contributed by atoms with Crippen LogP contribution in [0.25, 0.3) is 0 Å². The number of benzene rings is 3. The third kappa shape index (κ3) is 3.12. The maximum absolute atomic E-state index is 13.0. The minimum Gasteiger partial charge on any atom is -0.497 e. The lowest BCUT2D eigenvalue weighted by molar-refractivity contribution is -0.111. The molecule has 0 saturated heterocycles. The number of nitrogens with zero attached hydrogens (tertiary/aromatic N) is 2. The quantitative estimate of drug-likeness (QED) is 0.514. The van der Waals surface area contributed by atoms with Gasteiger partial charge in [0, 0.05) is 11.3 Å². The number of oxime groups is 1. The maximum atomic E-state index is 13.0. The molecule has 0 aromatic heterocycles. The molecule has 3 aromatic carbocycles. The average Bonchev–Trinajstić information content (AvgIpc) is 3.04. The first-order valence-electron chi connectivity index (χ1n) is 8.61. The smallest absolute Gasteiger partial charge is 0.365 e. The van der Waals surface area contributed by atoms with Crippen molar-refractivity contribution in [1.29, 1.82) is 0 Å². The molecule has 4 rings (SSSR count). The van der Waals surface area contributed by atoms with Gasteiger partial charge in [-0.3, -0.25) is 9.69 Å². The highest BCUT2D eigenvalue weighted by atomic mass is 16.7. The molecule has 0 bridgehead atoms. The fourth-order valence-corrected chi connectivity index (χ4v) is 2.99. The maximum Gasteiger partial charge on any atom is 0.365 e. The summed E-state index contributed by atoms with van der Waals surface area (Å²) in [6, 6.07) is 22.9. The molecule has 1 heterocycles. The van der Waals surface area contributed by atoms with Crippen LogP contribution >= 0.6 is 0 Å². The van der Waals surface area contributed by atoms with E-state index in [1.807, 2.05) is 42.5 Å². The lowest BCUT2D eigenvalue weighted by Gasteiger charge is -2.16. The number of carbonyl (C=O) groups excluding carboxylic acids is 2. The van der Waals surface area contributed by atoms with Crippen LogP contribution in [-0.4, -0.2) is 24.7 Å². The Morgan fingerprint density at radius 2 is 1.57 bits per heavy atom. The van der Waals surface area contributed by atoms with Crippen LogP contribution in [0.3, 0.4) is 0 Å². The molecule has 1 amide bonds. The molecule has 1 aliphatic rings. The van der Waals surface area contributed by atoms with Crippen LogP contribution in [0.2, 0.25) is 0 Å². The van der Waals surface area contributed by atoms with E-state index in [2.05, 4.69) is 5.16 Å². The van der Waals surface area contributed by atoms with Crippen molar-refractivity contribution in [1.82, 2.24) is 0 Å². The third-order valence-electron chi connectivity index (χ3n) is 4.37. The Morgan fingerprint density at radius 3 is 2.29 bits per heavy atom. The van der Waals surface area contributed by atoms with Crippen LogP contribution in [0.15, 0.2) is 84.0 Å². The molecule has 0 atom stereocenters. The van der Waals surface area contributed by atoms with Crippen molar-refractivity contribution in [2.75, 3.05) is 12.0 Å². The standard InChI is InChI=1S/C22H16N2O4/c1-27-17-13-11-15(12-14-17)22(26)28-23-20-18-9-5-6-10-19(18)24(21(20)25)16-7-3-2-4-8-16/h2-14H,1H3/b23-20+. The van der Waals surface area contributed by atoms with Gasteiger partial charge >= 0.3 is 5.97 Å². The molecule has 138 valence electrons. The van der Waals surface area contributed by atoms with Gasteiger partial charge in [-0.15, -0.1) is 0 Å². The SMILES string of the molecule is COc1ccc(C(=O)O/N=C2/C(=O)N(c3ccccc3)c3ccccc32)cc1. The van der Waals surface area contributed by atoms with Crippen molar-refractivity contribution < 1.29 is 19.2 Å². The number of ether oxygens (including phenoxy) is 1. The fraction of sp³-hybridized carbons (Fsp3) is 0.0455. The molecule has 6 nitrogen and oxygen atoms in total. The zero-order chi connectivity index (χ0) is 19.5. The monoisotopic (exact) mass is 372 g/mol. The Labute approximate surface area is 161 Å². The number of amides is 1. The summed E-state index contributed by atoms with van der Waals surface area (Å²) in [4.78, 5) is 31.9. The summed E-state index contributed by atoms with van der Waals surface area (Å²) in [7, 11) is 1.54. The van der Waals surface area contributed by atoms with E-state index < -0.39 is 5.97 Å². The van der Waals surface area contributed by atoms with E-state index >= 15 is 0 Å². The summed E-state index contributed by atoms with van der Waals surface area (Å²) in [5.74, 6) is -0.380. The van der Waals surface area contributed by atoms with Crippen molar-refractivity contribution >= 4 is 29.0 Å². The minimum atomic E-state index is -0.654. The number of hydrogen-bond acceptors (Lipinski definition) is 5. The van der Waals surface area contributed by atoms with Crippen LogP contribution in [0.5, 0.6) is 5.75 Å². The second kappa shape index (κ2) is 7.36. The van der Waals surface area contributed by atoms with E-state index in [-0.39, 0.29) is 11.6 Å². The molecule has 0 spiro atoms. The molecule has 3 aromatic rings. The van der Waals surface area contributed by atoms with E-state index in [0.717, 1.165) is 0 Å². The van der Waals surface area contributed by atoms with Gasteiger partial charge in [-0.05, 0) is 42.5 Å².